The number of rotatable bonds is 5. The van der Waals surface area contributed by atoms with E-state index >= 15 is 0 Å². The van der Waals surface area contributed by atoms with Crippen LogP contribution in [0.3, 0.4) is 0 Å². The van der Waals surface area contributed by atoms with Crippen LogP contribution in [0.1, 0.15) is 25.8 Å². The minimum atomic E-state index is -0.143. The quantitative estimate of drug-likeness (QED) is 0.560. The molecule has 0 saturated heterocycles. The second-order valence-electron chi connectivity index (χ2n) is 3.58. The highest BCUT2D eigenvalue weighted by atomic mass is 16.6. The van der Waals surface area contributed by atoms with Crippen molar-refractivity contribution in [1.29, 1.82) is 5.26 Å². The lowest BCUT2D eigenvalue weighted by molar-refractivity contribution is 0.129. The summed E-state index contributed by atoms with van der Waals surface area (Å²) in [5.74, 6) is -0.143. The van der Waals surface area contributed by atoms with E-state index in [9.17, 15) is 0 Å². The Morgan fingerprint density at radius 2 is 2.12 bits per heavy atom. The number of oxime groups is 1. The maximum Gasteiger partial charge on any atom is 0.142 e. The summed E-state index contributed by atoms with van der Waals surface area (Å²) in [6.07, 6.45) is 0.764. The van der Waals surface area contributed by atoms with E-state index in [1.54, 1.807) is 0 Å². The Labute approximate surface area is 96.3 Å². The predicted octanol–water partition coefficient (Wildman–Crippen LogP) is 3.13. The van der Waals surface area contributed by atoms with E-state index in [-0.39, 0.29) is 5.92 Å². The number of hydrogen-bond donors (Lipinski definition) is 0. The molecule has 0 bridgehead atoms. The van der Waals surface area contributed by atoms with Gasteiger partial charge in [0, 0.05) is 0 Å². The molecule has 3 nitrogen and oxygen atoms in total. The highest BCUT2D eigenvalue weighted by Gasteiger charge is 2.08. The van der Waals surface area contributed by atoms with Crippen LogP contribution in [0.4, 0.5) is 0 Å². The number of nitriles is 1. The normalized spacial score (nSPS) is 12.9. The first-order chi connectivity index (χ1) is 7.77. The zero-order valence-electron chi connectivity index (χ0n) is 9.68. The molecule has 0 aliphatic carbocycles. The number of hydrogen-bond acceptors (Lipinski definition) is 3. The van der Waals surface area contributed by atoms with Gasteiger partial charge < -0.3 is 4.84 Å². The van der Waals surface area contributed by atoms with Crippen LogP contribution in [-0.4, -0.2) is 5.71 Å². The molecular weight excluding hydrogens is 200 g/mol. The Balaban J connectivity index is 2.46. The first-order valence-corrected chi connectivity index (χ1v) is 5.38. The Bertz CT molecular complexity index is 379. The van der Waals surface area contributed by atoms with E-state index in [4.69, 9.17) is 10.1 Å². The minimum Gasteiger partial charge on any atom is -0.391 e. The van der Waals surface area contributed by atoms with Crippen molar-refractivity contribution in [2.24, 2.45) is 11.1 Å². The maximum absolute atomic E-state index is 8.83. The van der Waals surface area contributed by atoms with Crippen LogP contribution in [0.25, 0.3) is 0 Å². The first kappa shape index (κ1) is 12.3. The Morgan fingerprint density at radius 1 is 1.44 bits per heavy atom. The molecule has 16 heavy (non-hydrogen) atoms. The second kappa shape index (κ2) is 6.62. The summed E-state index contributed by atoms with van der Waals surface area (Å²) in [4.78, 5) is 5.20. The van der Waals surface area contributed by atoms with Gasteiger partial charge in [-0.3, -0.25) is 0 Å². The molecule has 0 saturated carbocycles. The lowest BCUT2D eigenvalue weighted by Crippen LogP contribution is -2.08. The molecule has 0 aliphatic rings. The third-order valence-electron chi connectivity index (χ3n) is 2.35. The summed E-state index contributed by atoms with van der Waals surface area (Å²) in [6.45, 7) is 4.23. The van der Waals surface area contributed by atoms with Gasteiger partial charge in [0.05, 0.1) is 17.7 Å². The van der Waals surface area contributed by atoms with Crippen LogP contribution >= 0.6 is 0 Å². The molecule has 1 aromatic rings. The van der Waals surface area contributed by atoms with Gasteiger partial charge in [-0.25, -0.2) is 0 Å². The molecule has 1 atom stereocenters. The van der Waals surface area contributed by atoms with E-state index in [1.807, 2.05) is 44.2 Å². The molecule has 0 aliphatic heterocycles. The Morgan fingerprint density at radius 3 is 2.69 bits per heavy atom. The molecule has 0 amide bonds. The summed E-state index contributed by atoms with van der Waals surface area (Å²) in [5.41, 5.74) is 1.81. The molecule has 1 rings (SSSR count). The highest BCUT2D eigenvalue weighted by molar-refractivity contribution is 5.85. The summed E-state index contributed by atoms with van der Waals surface area (Å²) in [7, 11) is 0. The maximum atomic E-state index is 8.83. The predicted molar refractivity (Wildman–Crippen MR) is 63.7 cm³/mol. The molecule has 1 unspecified atom stereocenters. The van der Waals surface area contributed by atoms with E-state index in [0.29, 0.717) is 6.61 Å². The van der Waals surface area contributed by atoms with E-state index < -0.39 is 0 Å². The standard InChI is InChI=1S/C13H16N2O/c1-3-13(9-14)11(2)15-16-10-12-7-5-4-6-8-12/h4-8,13H,3,10H2,1-2H3/b15-11+. The molecule has 1 aromatic carbocycles. The van der Waals surface area contributed by atoms with Crippen LogP contribution in [0.2, 0.25) is 0 Å². The van der Waals surface area contributed by atoms with Crippen molar-refractivity contribution in [3.63, 3.8) is 0 Å². The van der Waals surface area contributed by atoms with Gasteiger partial charge in [0.2, 0.25) is 0 Å². The van der Waals surface area contributed by atoms with Crippen LogP contribution in [0.5, 0.6) is 0 Å². The molecule has 84 valence electrons. The largest absolute Gasteiger partial charge is 0.391 e. The molecule has 3 heteroatoms. The smallest absolute Gasteiger partial charge is 0.142 e. The highest BCUT2D eigenvalue weighted by Crippen LogP contribution is 2.06. The zero-order chi connectivity index (χ0) is 11.8. The number of benzene rings is 1. The molecule has 0 heterocycles. The molecular formula is C13H16N2O. The Kier molecular flexibility index (Phi) is 5.07. The fraction of sp³-hybridized carbons (Fsp3) is 0.385. The van der Waals surface area contributed by atoms with Crippen molar-refractivity contribution in [2.45, 2.75) is 26.9 Å². The van der Waals surface area contributed by atoms with Crippen molar-refractivity contribution in [1.82, 2.24) is 0 Å². The van der Waals surface area contributed by atoms with Gasteiger partial charge in [0.25, 0.3) is 0 Å². The van der Waals surface area contributed by atoms with E-state index in [1.165, 1.54) is 0 Å². The molecule has 0 radical (unpaired) electrons. The Hall–Kier alpha value is -1.82. The van der Waals surface area contributed by atoms with Gasteiger partial charge in [0.15, 0.2) is 0 Å². The fourth-order valence-electron chi connectivity index (χ4n) is 1.33. The van der Waals surface area contributed by atoms with Crippen LogP contribution < -0.4 is 0 Å². The number of nitrogens with zero attached hydrogens (tertiary/aromatic N) is 2. The average Bonchev–Trinajstić information content (AvgIpc) is 2.32. The summed E-state index contributed by atoms with van der Waals surface area (Å²) in [6, 6.07) is 12.0. The van der Waals surface area contributed by atoms with Gasteiger partial charge in [-0.15, -0.1) is 0 Å². The fourth-order valence-corrected chi connectivity index (χ4v) is 1.33. The lowest BCUT2D eigenvalue weighted by atomic mass is 10.0. The second-order valence-corrected chi connectivity index (χ2v) is 3.58. The average molecular weight is 216 g/mol. The zero-order valence-corrected chi connectivity index (χ0v) is 9.68. The molecule has 0 aromatic heterocycles. The molecule has 0 fully saturated rings. The van der Waals surface area contributed by atoms with Crippen molar-refractivity contribution in [2.75, 3.05) is 0 Å². The third kappa shape index (κ3) is 3.74. The van der Waals surface area contributed by atoms with E-state index in [2.05, 4.69) is 11.2 Å². The van der Waals surface area contributed by atoms with Crippen molar-refractivity contribution in [3.05, 3.63) is 35.9 Å². The van der Waals surface area contributed by atoms with Crippen LogP contribution in [-0.2, 0) is 11.4 Å². The van der Waals surface area contributed by atoms with Crippen molar-refractivity contribution in [3.8, 4) is 6.07 Å². The topological polar surface area (TPSA) is 45.4 Å². The van der Waals surface area contributed by atoms with Crippen molar-refractivity contribution >= 4 is 5.71 Å². The van der Waals surface area contributed by atoms with Crippen LogP contribution in [0.15, 0.2) is 35.5 Å². The monoisotopic (exact) mass is 216 g/mol. The van der Waals surface area contributed by atoms with Gasteiger partial charge in [0.1, 0.15) is 6.61 Å². The third-order valence-corrected chi connectivity index (χ3v) is 2.35. The summed E-state index contributed by atoms with van der Waals surface area (Å²) < 4.78 is 0. The van der Waals surface area contributed by atoms with Gasteiger partial charge >= 0.3 is 0 Å². The van der Waals surface area contributed by atoms with Gasteiger partial charge in [-0.1, -0.05) is 42.4 Å². The van der Waals surface area contributed by atoms with Crippen molar-refractivity contribution < 1.29 is 4.84 Å². The van der Waals surface area contributed by atoms with Gasteiger partial charge in [-0.05, 0) is 18.9 Å². The SMILES string of the molecule is CCC(C#N)/C(C)=N/OCc1ccccc1. The minimum absolute atomic E-state index is 0.143. The molecule has 0 spiro atoms. The van der Waals surface area contributed by atoms with Crippen LogP contribution in [0, 0.1) is 17.2 Å². The van der Waals surface area contributed by atoms with E-state index in [0.717, 1.165) is 17.7 Å². The van der Waals surface area contributed by atoms with Gasteiger partial charge in [-0.2, -0.15) is 5.26 Å². The molecule has 0 N–H and O–H groups in total. The summed E-state index contributed by atoms with van der Waals surface area (Å²) >= 11 is 0. The first-order valence-electron chi connectivity index (χ1n) is 5.38. The summed E-state index contributed by atoms with van der Waals surface area (Å²) in [5, 5.41) is 12.8. The lowest BCUT2D eigenvalue weighted by Gasteiger charge is -2.05.